The van der Waals surface area contributed by atoms with Crippen molar-refractivity contribution in [3.8, 4) is 0 Å². The SMILES string of the molecule is O=C(Cc1c(F)cccc1Cl)N1CC[C@@H](N2C(=O)COC2=O)C1. The fourth-order valence-electron chi connectivity index (χ4n) is 2.86. The second-order valence-electron chi connectivity index (χ2n) is 5.48. The van der Waals surface area contributed by atoms with Gasteiger partial charge in [-0.15, -0.1) is 0 Å². The van der Waals surface area contributed by atoms with Gasteiger partial charge in [0.2, 0.25) is 5.91 Å². The molecule has 2 aliphatic heterocycles. The van der Waals surface area contributed by atoms with Crippen molar-refractivity contribution in [1.29, 1.82) is 0 Å². The molecule has 0 saturated carbocycles. The van der Waals surface area contributed by atoms with E-state index in [1.165, 1.54) is 23.1 Å². The van der Waals surface area contributed by atoms with Crippen molar-refractivity contribution < 1.29 is 23.5 Å². The highest BCUT2D eigenvalue weighted by Gasteiger charge is 2.41. The van der Waals surface area contributed by atoms with Gasteiger partial charge in [0.15, 0.2) is 6.61 Å². The zero-order chi connectivity index (χ0) is 16.6. The lowest BCUT2D eigenvalue weighted by Gasteiger charge is -2.20. The summed E-state index contributed by atoms with van der Waals surface area (Å²) in [4.78, 5) is 38.1. The zero-order valence-corrected chi connectivity index (χ0v) is 12.9. The summed E-state index contributed by atoms with van der Waals surface area (Å²) >= 11 is 5.93. The molecule has 0 aliphatic carbocycles. The summed E-state index contributed by atoms with van der Waals surface area (Å²) < 4.78 is 18.4. The van der Waals surface area contributed by atoms with E-state index in [0.29, 0.717) is 13.0 Å². The highest BCUT2D eigenvalue weighted by molar-refractivity contribution is 6.31. The zero-order valence-electron chi connectivity index (χ0n) is 12.1. The Morgan fingerprint density at radius 1 is 1.39 bits per heavy atom. The van der Waals surface area contributed by atoms with Gasteiger partial charge in [0.05, 0.1) is 12.5 Å². The smallest absolute Gasteiger partial charge is 0.417 e. The largest absolute Gasteiger partial charge is 0.439 e. The maximum absolute atomic E-state index is 13.8. The molecule has 0 N–H and O–H groups in total. The molecule has 0 bridgehead atoms. The molecule has 0 unspecified atom stereocenters. The first-order valence-corrected chi connectivity index (χ1v) is 7.54. The lowest BCUT2D eigenvalue weighted by atomic mass is 10.1. The Labute approximate surface area is 136 Å². The minimum atomic E-state index is -0.675. The number of hydrogen-bond donors (Lipinski definition) is 0. The van der Waals surface area contributed by atoms with Crippen LogP contribution in [0.15, 0.2) is 18.2 Å². The van der Waals surface area contributed by atoms with Crippen LogP contribution in [-0.2, 0) is 20.7 Å². The molecule has 2 heterocycles. The van der Waals surface area contributed by atoms with Gasteiger partial charge in [-0.1, -0.05) is 17.7 Å². The highest BCUT2D eigenvalue weighted by Crippen LogP contribution is 2.23. The number of carbonyl (C=O) groups excluding carboxylic acids is 3. The molecule has 3 amide bonds. The standard InChI is InChI=1S/C15H14ClFN2O4/c16-11-2-1-3-12(17)10(11)6-13(20)18-5-4-9(7-18)19-14(21)8-23-15(19)22/h1-3,9H,4-8H2/t9-/m1/s1. The lowest BCUT2D eigenvalue weighted by Crippen LogP contribution is -2.42. The third-order valence-corrected chi connectivity index (χ3v) is 4.41. The van der Waals surface area contributed by atoms with Gasteiger partial charge in [0.1, 0.15) is 5.82 Å². The van der Waals surface area contributed by atoms with Gasteiger partial charge >= 0.3 is 6.09 Å². The van der Waals surface area contributed by atoms with Crippen molar-refractivity contribution in [3.05, 3.63) is 34.6 Å². The van der Waals surface area contributed by atoms with Crippen molar-refractivity contribution in [3.63, 3.8) is 0 Å². The van der Waals surface area contributed by atoms with E-state index in [-0.39, 0.29) is 36.1 Å². The van der Waals surface area contributed by atoms with Crippen LogP contribution in [-0.4, -0.2) is 53.4 Å². The summed E-state index contributed by atoms with van der Waals surface area (Å²) in [7, 11) is 0. The van der Waals surface area contributed by atoms with Crippen molar-refractivity contribution in [2.45, 2.75) is 18.9 Å². The fraction of sp³-hybridized carbons (Fsp3) is 0.400. The van der Waals surface area contributed by atoms with E-state index in [9.17, 15) is 18.8 Å². The molecule has 2 aliphatic rings. The van der Waals surface area contributed by atoms with Gasteiger partial charge in [-0.3, -0.25) is 9.59 Å². The van der Waals surface area contributed by atoms with Gasteiger partial charge in [0.25, 0.3) is 5.91 Å². The number of benzene rings is 1. The number of amides is 3. The van der Waals surface area contributed by atoms with Crippen LogP contribution in [0.3, 0.4) is 0 Å². The van der Waals surface area contributed by atoms with Crippen LogP contribution in [0, 0.1) is 5.82 Å². The van der Waals surface area contributed by atoms with Crippen LogP contribution in [0.25, 0.3) is 0 Å². The number of rotatable bonds is 3. The number of carbonyl (C=O) groups is 3. The maximum atomic E-state index is 13.8. The van der Waals surface area contributed by atoms with E-state index >= 15 is 0 Å². The first-order chi connectivity index (χ1) is 11.0. The van der Waals surface area contributed by atoms with Crippen LogP contribution in [0.2, 0.25) is 5.02 Å². The van der Waals surface area contributed by atoms with E-state index in [0.717, 1.165) is 4.90 Å². The summed E-state index contributed by atoms with van der Waals surface area (Å²) in [5, 5.41) is 0.201. The molecule has 6 nitrogen and oxygen atoms in total. The molecule has 8 heteroatoms. The van der Waals surface area contributed by atoms with Crippen molar-refractivity contribution in [2.75, 3.05) is 19.7 Å². The van der Waals surface area contributed by atoms with E-state index in [1.807, 2.05) is 0 Å². The average molecular weight is 341 g/mol. The molecule has 23 heavy (non-hydrogen) atoms. The molecular weight excluding hydrogens is 327 g/mol. The topological polar surface area (TPSA) is 66.9 Å². The first-order valence-electron chi connectivity index (χ1n) is 7.17. The van der Waals surface area contributed by atoms with E-state index < -0.39 is 23.9 Å². The van der Waals surface area contributed by atoms with Gasteiger partial charge in [-0.25, -0.2) is 14.1 Å². The summed E-state index contributed by atoms with van der Waals surface area (Å²) in [6, 6.07) is 3.86. The van der Waals surface area contributed by atoms with Crippen molar-refractivity contribution in [1.82, 2.24) is 9.80 Å². The first kappa shape index (κ1) is 15.7. The van der Waals surface area contributed by atoms with Crippen LogP contribution >= 0.6 is 11.6 Å². The van der Waals surface area contributed by atoms with Crippen molar-refractivity contribution in [2.24, 2.45) is 0 Å². The highest BCUT2D eigenvalue weighted by atomic mass is 35.5. The molecule has 1 atom stereocenters. The Bertz CT molecular complexity index is 645. The molecule has 0 aromatic heterocycles. The second kappa shape index (κ2) is 6.16. The maximum Gasteiger partial charge on any atom is 0.417 e. The molecule has 0 spiro atoms. The summed E-state index contributed by atoms with van der Waals surface area (Å²) in [6.07, 6.45) is -0.347. The summed E-state index contributed by atoms with van der Waals surface area (Å²) in [5.41, 5.74) is 0.152. The van der Waals surface area contributed by atoms with E-state index in [1.54, 1.807) is 0 Å². The van der Waals surface area contributed by atoms with Gasteiger partial charge in [-0.2, -0.15) is 0 Å². The molecule has 3 rings (SSSR count). The number of cyclic esters (lactones) is 1. The van der Waals surface area contributed by atoms with Gasteiger partial charge in [-0.05, 0) is 18.6 Å². The van der Waals surface area contributed by atoms with Crippen LogP contribution in [0.5, 0.6) is 0 Å². The molecule has 1 aromatic rings. The number of hydrogen-bond acceptors (Lipinski definition) is 4. The lowest BCUT2D eigenvalue weighted by molar-refractivity contribution is -0.131. The molecular formula is C15H14ClFN2O4. The predicted molar refractivity (Wildman–Crippen MR) is 78.3 cm³/mol. The van der Waals surface area contributed by atoms with Crippen LogP contribution < -0.4 is 0 Å². The minimum Gasteiger partial charge on any atom is -0.439 e. The number of nitrogens with zero attached hydrogens (tertiary/aromatic N) is 2. The Morgan fingerprint density at radius 2 is 2.17 bits per heavy atom. The summed E-state index contributed by atoms with van der Waals surface area (Å²) in [5.74, 6) is -1.22. The third-order valence-electron chi connectivity index (χ3n) is 4.06. The monoisotopic (exact) mass is 340 g/mol. The summed E-state index contributed by atoms with van der Waals surface area (Å²) in [6.45, 7) is 0.368. The Kier molecular flexibility index (Phi) is 4.21. The molecule has 122 valence electrons. The molecule has 2 saturated heterocycles. The van der Waals surface area contributed by atoms with Gasteiger partial charge in [0, 0.05) is 23.7 Å². The minimum absolute atomic E-state index is 0.152. The Morgan fingerprint density at radius 3 is 2.83 bits per heavy atom. The number of halogens is 2. The predicted octanol–water partition coefficient (Wildman–Crippen LogP) is 1.60. The number of imide groups is 1. The number of likely N-dealkylation sites (tertiary alicyclic amines) is 1. The van der Waals surface area contributed by atoms with E-state index in [2.05, 4.69) is 4.74 Å². The Balaban J connectivity index is 1.66. The molecule has 2 fully saturated rings. The van der Waals surface area contributed by atoms with Crippen LogP contribution in [0.1, 0.15) is 12.0 Å². The van der Waals surface area contributed by atoms with E-state index in [4.69, 9.17) is 11.6 Å². The van der Waals surface area contributed by atoms with Crippen molar-refractivity contribution >= 4 is 29.5 Å². The molecule has 0 radical (unpaired) electrons. The van der Waals surface area contributed by atoms with Gasteiger partial charge < -0.3 is 9.64 Å². The number of ether oxygens (including phenoxy) is 1. The normalized spacial score (nSPS) is 21.0. The average Bonchev–Trinajstić information content (AvgIpc) is 3.10. The van der Waals surface area contributed by atoms with Crippen LogP contribution in [0.4, 0.5) is 9.18 Å². The third kappa shape index (κ3) is 3.01. The Hall–Kier alpha value is -2.15. The quantitative estimate of drug-likeness (QED) is 0.838. The molecule has 1 aromatic carbocycles. The second-order valence-corrected chi connectivity index (χ2v) is 5.88. The fourth-order valence-corrected chi connectivity index (χ4v) is 3.09.